The molecule has 1 aromatic carbocycles. The van der Waals surface area contributed by atoms with E-state index in [9.17, 15) is 13.5 Å². The summed E-state index contributed by atoms with van der Waals surface area (Å²) in [6.07, 6.45) is 0.796. The molecule has 0 aliphatic rings. The Bertz CT molecular complexity index is 439. The van der Waals surface area contributed by atoms with Crippen LogP contribution in [0.2, 0.25) is 0 Å². The quantitative estimate of drug-likeness (QED) is 0.810. The standard InChI is InChI=1S/C12H19NO3S/c1-3-4-11(14)9-13-17(15,16)12-7-5-10(2)6-8-12/h5-8,11,13-14H,3-4,9H2,1-2H3. The van der Waals surface area contributed by atoms with Crippen molar-refractivity contribution in [1.82, 2.24) is 4.72 Å². The van der Waals surface area contributed by atoms with E-state index in [1.807, 2.05) is 13.8 Å². The van der Waals surface area contributed by atoms with Gasteiger partial charge in [-0.3, -0.25) is 0 Å². The Balaban J connectivity index is 2.66. The zero-order valence-corrected chi connectivity index (χ0v) is 11.0. The van der Waals surface area contributed by atoms with Crippen molar-refractivity contribution in [3.8, 4) is 0 Å². The van der Waals surface area contributed by atoms with Crippen LogP contribution in [-0.2, 0) is 10.0 Å². The molecule has 4 nitrogen and oxygen atoms in total. The summed E-state index contributed by atoms with van der Waals surface area (Å²) in [5, 5.41) is 9.48. The highest BCUT2D eigenvalue weighted by Gasteiger charge is 2.14. The molecule has 2 N–H and O–H groups in total. The van der Waals surface area contributed by atoms with Crippen LogP contribution in [0.5, 0.6) is 0 Å². The van der Waals surface area contributed by atoms with Gasteiger partial charge in [0.1, 0.15) is 0 Å². The topological polar surface area (TPSA) is 66.4 Å². The molecule has 0 saturated heterocycles. The lowest BCUT2D eigenvalue weighted by Crippen LogP contribution is -2.32. The van der Waals surface area contributed by atoms with Gasteiger partial charge in [-0.25, -0.2) is 13.1 Å². The highest BCUT2D eigenvalue weighted by Crippen LogP contribution is 2.09. The molecular weight excluding hydrogens is 238 g/mol. The molecule has 17 heavy (non-hydrogen) atoms. The van der Waals surface area contributed by atoms with Crippen molar-refractivity contribution in [1.29, 1.82) is 0 Å². The summed E-state index contributed by atoms with van der Waals surface area (Å²) in [4.78, 5) is 0.229. The van der Waals surface area contributed by atoms with E-state index >= 15 is 0 Å². The summed E-state index contributed by atoms with van der Waals surface area (Å²) < 4.78 is 26.1. The van der Waals surface area contributed by atoms with E-state index in [0.717, 1.165) is 12.0 Å². The van der Waals surface area contributed by atoms with E-state index in [-0.39, 0.29) is 11.4 Å². The summed E-state index contributed by atoms with van der Waals surface area (Å²) >= 11 is 0. The van der Waals surface area contributed by atoms with E-state index in [4.69, 9.17) is 0 Å². The van der Waals surface area contributed by atoms with Gasteiger partial charge in [-0.1, -0.05) is 31.0 Å². The fraction of sp³-hybridized carbons (Fsp3) is 0.500. The van der Waals surface area contributed by atoms with Crippen LogP contribution in [0.3, 0.4) is 0 Å². The lowest BCUT2D eigenvalue weighted by Gasteiger charge is -2.11. The molecule has 5 heteroatoms. The maximum Gasteiger partial charge on any atom is 0.240 e. The minimum Gasteiger partial charge on any atom is -0.392 e. The van der Waals surface area contributed by atoms with Crippen LogP contribution in [0.1, 0.15) is 25.3 Å². The summed E-state index contributed by atoms with van der Waals surface area (Å²) in [6.45, 7) is 3.90. The van der Waals surface area contributed by atoms with Crippen LogP contribution in [-0.4, -0.2) is 26.2 Å². The van der Waals surface area contributed by atoms with Crippen LogP contribution in [0, 0.1) is 6.92 Å². The third kappa shape index (κ3) is 4.46. The fourth-order valence-electron chi connectivity index (χ4n) is 1.44. The Kier molecular flexibility index (Phi) is 5.11. The molecule has 0 aliphatic carbocycles. The largest absolute Gasteiger partial charge is 0.392 e. The van der Waals surface area contributed by atoms with E-state index in [1.165, 1.54) is 0 Å². The van der Waals surface area contributed by atoms with E-state index in [1.54, 1.807) is 24.3 Å². The Labute approximate surface area is 103 Å². The highest BCUT2D eigenvalue weighted by atomic mass is 32.2. The summed E-state index contributed by atoms with van der Waals surface area (Å²) in [7, 11) is -3.50. The molecule has 0 spiro atoms. The third-order valence-electron chi connectivity index (χ3n) is 2.46. The number of aryl methyl sites for hydroxylation is 1. The molecule has 0 aromatic heterocycles. The second-order valence-corrected chi connectivity index (χ2v) is 5.87. The lowest BCUT2D eigenvalue weighted by molar-refractivity contribution is 0.167. The third-order valence-corrected chi connectivity index (χ3v) is 3.90. The normalized spacial score (nSPS) is 13.6. The molecule has 0 amide bonds. The first-order chi connectivity index (χ1) is 7.95. The van der Waals surface area contributed by atoms with Gasteiger partial charge < -0.3 is 5.11 Å². The summed E-state index contributed by atoms with van der Waals surface area (Å²) in [5.41, 5.74) is 1.01. The Morgan fingerprint density at radius 2 is 1.88 bits per heavy atom. The zero-order chi connectivity index (χ0) is 12.9. The molecular formula is C12H19NO3S. The molecule has 0 saturated carbocycles. The van der Waals surface area contributed by atoms with E-state index in [2.05, 4.69) is 4.72 Å². The molecule has 1 atom stereocenters. The van der Waals surface area contributed by atoms with Crippen molar-refractivity contribution in [3.63, 3.8) is 0 Å². The minimum atomic E-state index is -3.50. The van der Waals surface area contributed by atoms with Crippen LogP contribution in [0.15, 0.2) is 29.2 Å². The van der Waals surface area contributed by atoms with Crippen LogP contribution in [0.25, 0.3) is 0 Å². The van der Waals surface area contributed by atoms with Crippen LogP contribution >= 0.6 is 0 Å². The Morgan fingerprint density at radius 3 is 2.41 bits per heavy atom. The van der Waals surface area contributed by atoms with Gasteiger partial charge in [0.2, 0.25) is 10.0 Å². The Morgan fingerprint density at radius 1 is 1.29 bits per heavy atom. The van der Waals surface area contributed by atoms with Gasteiger partial charge >= 0.3 is 0 Å². The average Bonchev–Trinajstić information content (AvgIpc) is 2.28. The number of hydrogen-bond acceptors (Lipinski definition) is 3. The molecule has 1 unspecified atom stereocenters. The number of aliphatic hydroxyl groups excluding tert-OH is 1. The summed E-state index contributed by atoms with van der Waals surface area (Å²) in [5.74, 6) is 0. The first-order valence-corrected chi connectivity index (χ1v) is 7.18. The number of rotatable bonds is 6. The minimum absolute atomic E-state index is 0.0596. The molecule has 0 fully saturated rings. The van der Waals surface area contributed by atoms with Gasteiger partial charge in [0.05, 0.1) is 11.0 Å². The summed E-state index contributed by atoms with van der Waals surface area (Å²) in [6, 6.07) is 6.61. The van der Waals surface area contributed by atoms with Crippen LogP contribution in [0.4, 0.5) is 0 Å². The van der Waals surface area contributed by atoms with Crippen LogP contribution < -0.4 is 4.72 Å². The second-order valence-electron chi connectivity index (χ2n) is 4.11. The number of benzene rings is 1. The lowest BCUT2D eigenvalue weighted by atomic mass is 10.2. The van der Waals surface area contributed by atoms with Crippen molar-refractivity contribution >= 4 is 10.0 Å². The average molecular weight is 257 g/mol. The predicted molar refractivity (Wildman–Crippen MR) is 67.3 cm³/mol. The smallest absolute Gasteiger partial charge is 0.240 e. The molecule has 0 radical (unpaired) electrons. The van der Waals surface area contributed by atoms with Crippen molar-refractivity contribution in [2.75, 3.05) is 6.54 Å². The van der Waals surface area contributed by atoms with Gasteiger partial charge in [-0.15, -0.1) is 0 Å². The molecule has 0 aliphatic heterocycles. The van der Waals surface area contributed by atoms with Gasteiger partial charge in [-0.05, 0) is 25.5 Å². The van der Waals surface area contributed by atoms with E-state index < -0.39 is 16.1 Å². The number of nitrogens with one attached hydrogen (secondary N) is 1. The number of aliphatic hydroxyl groups is 1. The van der Waals surface area contributed by atoms with E-state index in [0.29, 0.717) is 6.42 Å². The predicted octanol–water partition coefficient (Wildman–Crippen LogP) is 1.43. The van der Waals surface area contributed by atoms with Crippen molar-refractivity contribution in [3.05, 3.63) is 29.8 Å². The van der Waals surface area contributed by atoms with Gasteiger partial charge in [0.15, 0.2) is 0 Å². The number of hydrogen-bond donors (Lipinski definition) is 2. The highest BCUT2D eigenvalue weighted by molar-refractivity contribution is 7.89. The fourth-order valence-corrected chi connectivity index (χ4v) is 2.51. The second kappa shape index (κ2) is 6.14. The van der Waals surface area contributed by atoms with Gasteiger partial charge in [0.25, 0.3) is 0 Å². The molecule has 0 bridgehead atoms. The first kappa shape index (κ1) is 14.2. The van der Waals surface area contributed by atoms with Gasteiger partial charge in [-0.2, -0.15) is 0 Å². The van der Waals surface area contributed by atoms with Gasteiger partial charge in [0, 0.05) is 6.54 Å². The maximum atomic E-state index is 11.8. The van der Waals surface area contributed by atoms with Crippen molar-refractivity contribution in [2.24, 2.45) is 0 Å². The Hall–Kier alpha value is -0.910. The molecule has 96 valence electrons. The zero-order valence-electron chi connectivity index (χ0n) is 10.2. The van der Waals surface area contributed by atoms with Crippen molar-refractivity contribution < 1.29 is 13.5 Å². The first-order valence-electron chi connectivity index (χ1n) is 5.70. The molecule has 1 rings (SSSR count). The van der Waals surface area contributed by atoms with Crippen molar-refractivity contribution in [2.45, 2.75) is 37.7 Å². The SMILES string of the molecule is CCCC(O)CNS(=O)(=O)c1ccc(C)cc1. The monoisotopic (exact) mass is 257 g/mol. The molecule has 1 aromatic rings. The maximum absolute atomic E-state index is 11.8. The molecule has 0 heterocycles. The number of sulfonamides is 1.